The van der Waals surface area contributed by atoms with E-state index in [4.69, 9.17) is 16.3 Å². The standard InChI is InChI=1S/C16H17ClN2OS/c1-21-14-6-4-13(5-7-14)20-16-15(17)8-11(10-19-16)9-18-12-2-3-12/h4-8,10,12,18H,2-3,9H2,1H3. The van der Waals surface area contributed by atoms with Crippen LogP contribution in [0, 0.1) is 0 Å². The first-order valence-electron chi connectivity index (χ1n) is 6.94. The van der Waals surface area contributed by atoms with Crippen molar-refractivity contribution in [3.8, 4) is 11.6 Å². The van der Waals surface area contributed by atoms with Gasteiger partial charge in [-0.1, -0.05) is 11.6 Å². The molecular weight excluding hydrogens is 304 g/mol. The van der Waals surface area contributed by atoms with Crippen molar-refractivity contribution in [1.82, 2.24) is 10.3 Å². The Bertz CT molecular complexity index is 614. The highest BCUT2D eigenvalue weighted by Crippen LogP contribution is 2.29. The van der Waals surface area contributed by atoms with Gasteiger partial charge in [0.15, 0.2) is 0 Å². The van der Waals surface area contributed by atoms with Crippen molar-refractivity contribution in [3.05, 3.63) is 47.1 Å². The Hall–Kier alpha value is -1.23. The van der Waals surface area contributed by atoms with Crippen LogP contribution in [0.4, 0.5) is 0 Å². The van der Waals surface area contributed by atoms with Gasteiger partial charge in [0.05, 0.1) is 0 Å². The van der Waals surface area contributed by atoms with Crippen LogP contribution < -0.4 is 10.1 Å². The number of nitrogens with one attached hydrogen (secondary N) is 1. The zero-order valence-corrected chi connectivity index (χ0v) is 13.4. The quantitative estimate of drug-likeness (QED) is 0.795. The van der Waals surface area contributed by atoms with E-state index < -0.39 is 0 Å². The molecule has 0 spiro atoms. The number of hydrogen-bond acceptors (Lipinski definition) is 4. The lowest BCUT2D eigenvalue weighted by Crippen LogP contribution is -2.15. The zero-order chi connectivity index (χ0) is 14.7. The maximum Gasteiger partial charge on any atom is 0.238 e. The molecular formula is C16H17ClN2OS. The van der Waals surface area contributed by atoms with E-state index in [9.17, 15) is 0 Å². The topological polar surface area (TPSA) is 34.1 Å². The predicted molar refractivity (Wildman–Crippen MR) is 87.4 cm³/mol. The summed E-state index contributed by atoms with van der Waals surface area (Å²) < 4.78 is 5.73. The number of aromatic nitrogens is 1. The van der Waals surface area contributed by atoms with Gasteiger partial charge in [0.1, 0.15) is 10.8 Å². The molecule has 1 heterocycles. The summed E-state index contributed by atoms with van der Waals surface area (Å²) in [7, 11) is 0. The predicted octanol–water partition coefficient (Wildman–Crippen LogP) is 4.50. The van der Waals surface area contributed by atoms with Gasteiger partial charge in [0.25, 0.3) is 0 Å². The lowest BCUT2D eigenvalue weighted by molar-refractivity contribution is 0.462. The van der Waals surface area contributed by atoms with Crippen molar-refractivity contribution in [2.45, 2.75) is 30.3 Å². The Labute approximate surface area is 134 Å². The number of rotatable bonds is 6. The van der Waals surface area contributed by atoms with E-state index in [-0.39, 0.29) is 0 Å². The minimum absolute atomic E-state index is 0.448. The number of halogens is 1. The number of hydrogen-bond donors (Lipinski definition) is 1. The Morgan fingerprint density at radius 3 is 2.71 bits per heavy atom. The highest BCUT2D eigenvalue weighted by Gasteiger charge is 2.20. The number of benzene rings is 1. The molecule has 1 aliphatic carbocycles. The molecule has 3 nitrogen and oxygen atoms in total. The largest absolute Gasteiger partial charge is 0.438 e. The van der Waals surface area contributed by atoms with Gasteiger partial charge in [-0.25, -0.2) is 4.98 Å². The Kier molecular flexibility index (Phi) is 4.68. The Balaban J connectivity index is 1.66. The second-order valence-corrected chi connectivity index (χ2v) is 6.35. The molecule has 1 fully saturated rings. The molecule has 0 amide bonds. The Morgan fingerprint density at radius 2 is 2.10 bits per heavy atom. The molecule has 1 saturated carbocycles. The molecule has 110 valence electrons. The summed E-state index contributed by atoms with van der Waals surface area (Å²) in [5, 5.41) is 3.98. The lowest BCUT2D eigenvalue weighted by atomic mass is 10.3. The zero-order valence-electron chi connectivity index (χ0n) is 11.8. The summed E-state index contributed by atoms with van der Waals surface area (Å²) in [6.45, 7) is 0.806. The number of pyridine rings is 1. The van der Waals surface area contributed by atoms with Crippen molar-refractivity contribution < 1.29 is 4.74 Å². The van der Waals surface area contributed by atoms with E-state index in [1.807, 2.05) is 42.8 Å². The second-order valence-electron chi connectivity index (χ2n) is 5.06. The summed E-state index contributed by atoms with van der Waals surface area (Å²) in [5.74, 6) is 1.19. The molecule has 3 rings (SSSR count). The van der Waals surface area contributed by atoms with E-state index >= 15 is 0 Å². The van der Waals surface area contributed by atoms with Crippen LogP contribution in [0.15, 0.2) is 41.4 Å². The summed E-state index contributed by atoms with van der Waals surface area (Å²) in [6.07, 6.45) is 6.40. The fourth-order valence-electron chi connectivity index (χ4n) is 1.94. The van der Waals surface area contributed by atoms with E-state index in [1.165, 1.54) is 17.7 Å². The third kappa shape index (κ3) is 4.13. The third-order valence-corrected chi connectivity index (χ3v) is 4.32. The minimum Gasteiger partial charge on any atom is -0.438 e. The van der Waals surface area contributed by atoms with Crippen LogP contribution in [0.1, 0.15) is 18.4 Å². The van der Waals surface area contributed by atoms with Crippen molar-refractivity contribution >= 4 is 23.4 Å². The maximum absolute atomic E-state index is 6.25. The summed E-state index contributed by atoms with van der Waals surface area (Å²) in [5.41, 5.74) is 1.08. The van der Waals surface area contributed by atoms with Gasteiger partial charge in [-0.3, -0.25) is 0 Å². The molecule has 0 atom stereocenters. The average molecular weight is 321 g/mol. The molecule has 0 aliphatic heterocycles. The van der Waals surface area contributed by atoms with Crippen LogP contribution in [0.25, 0.3) is 0 Å². The molecule has 1 N–H and O–H groups in total. The van der Waals surface area contributed by atoms with Crippen LogP contribution in [0.3, 0.4) is 0 Å². The van der Waals surface area contributed by atoms with Crippen LogP contribution in [-0.4, -0.2) is 17.3 Å². The van der Waals surface area contributed by atoms with Crippen molar-refractivity contribution in [3.63, 3.8) is 0 Å². The van der Waals surface area contributed by atoms with Crippen molar-refractivity contribution in [2.24, 2.45) is 0 Å². The number of nitrogens with zero attached hydrogens (tertiary/aromatic N) is 1. The van der Waals surface area contributed by atoms with Gasteiger partial charge >= 0.3 is 0 Å². The van der Waals surface area contributed by atoms with Crippen molar-refractivity contribution in [2.75, 3.05) is 6.26 Å². The molecule has 2 aromatic rings. The van der Waals surface area contributed by atoms with Gasteiger partial charge in [0, 0.05) is 23.7 Å². The molecule has 1 aliphatic rings. The number of thioether (sulfide) groups is 1. The third-order valence-electron chi connectivity index (χ3n) is 3.31. The molecule has 0 radical (unpaired) electrons. The molecule has 0 saturated heterocycles. The average Bonchev–Trinajstić information content (AvgIpc) is 3.33. The van der Waals surface area contributed by atoms with Crippen LogP contribution in [0.5, 0.6) is 11.6 Å². The highest BCUT2D eigenvalue weighted by atomic mass is 35.5. The lowest BCUT2D eigenvalue weighted by Gasteiger charge is -2.09. The summed E-state index contributed by atoms with van der Waals surface area (Å²) in [4.78, 5) is 5.51. The molecule has 1 aromatic carbocycles. The van der Waals surface area contributed by atoms with Gasteiger partial charge in [0.2, 0.25) is 5.88 Å². The molecule has 1 aromatic heterocycles. The number of ether oxygens (including phenoxy) is 1. The van der Waals surface area contributed by atoms with Gasteiger partial charge < -0.3 is 10.1 Å². The molecule has 5 heteroatoms. The Morgan fingerprint density at radius 1 is 1.33 bits per heavy atom. The first-order valence-corrected chi connectivity index (χ1v) is 8.54. The first kappa shape index (κ1) is 14.7. The molecule has 0 unspecified atom stereocenters. The van der Waals surface area contributed by atoms with Crippen molar-refractivity contribution in [1.29, 1.82) is 0 Å². The second kappa shape index (κ2) is 6.69. The minimum atomic E-state index is 0.448. The van der Waals surface area contributed by atoms with E-state index in [0.29, 0.717) is 16.9 Å². The molecule has 0 bridgehead atoms. The molecule has 21 heavy (non-hydrogen) atoms. The van der Waals surface area contributed by atoms with Crippen LogP contribution in [-0.2, 0) is 6.54 Å². The smallest absolute Gasteiger partial charge is 0.238 e. The maximum atomic E-state index is 6.25. The highest BCUT2D eigenvalue weighted by molar-refractivity contribution is 7.98. The van der Waals surface area contributed by atoms with E-state index in [1.54, 1.807) is 11.8 Å². The van der Waals surface area contributed by atoms with Gasteiger partial charge in [-0.2, -0.15) is 0 Å². The SMILES string of the molecule is CSc1ccc(Oc2ncc(CNC3CC3)cc2Cl)cc1. The van der Waals surface area contributed by atoms with Crippen LogP contribution in [0.2, 0.25) is 5.02 Å². The van der Waals surface area contributed by atoms with E-state index in [2.05, 4.69) is 10.3 Å². The summed E-state index contributed by atoms with van der Waals surface area (Å²) >= 11 is 7.95. The fraction of sp³-hybridized carbons (Fsp3) is 0.312. The first-order chi connectivity index (χ1) is 10.2. The fourth-order valence-corrected chi connectivity index (χ4v) is 2.58. The monoisotopic (exact) mass is 320 g/mol. The summed E-state index contributed by atoms with van der Waals surface area (Å²) in [6, 6.07) is 10.5. The van der Waals surface area contributed by atoms with Crippen LogP contribution >= 0.6 is 23.4 Å². The van der Waals surface area contributed by atoms with Gasteiger partial charge in [-0.05, 0) is 55.0 Å². The van der Waals surface area contributed by atoms with E-state index in [0.717, 1.165) is 17.9 Å². The normalized spacial score (nSPS) is 14.2. The van der Waals surface area contributed by atoms with Gasteiger partial charge in [-0.15, -0.1) is 11.8 Å².